The Morgan fingerprint density at radius 1 is 1.00 bits per heavy atom. The number of amides is 1. The van der Waals surface area contributed by atoms with E-state index in [9.17, 15) is 14.7 Å². The number of hydrogen-bond donors (Lipinski definition) is 1. The topological polar surface area (TPSA) is 76.1 Å². The number of halogens is 1. The molecule has 36 heavy (non-hydrogen) atoms. The van der Waals surface area contributed by atoms with Crippen LogP contribution in [0.2, 0.25) is 5.02 Å². The number of ketones is 1. The molecular weight excluding hydrogens is 478 g/mol. The summed E-state index contributed by atoms with van der Waals surface area (Å²) in [7, 11) is 0. The van der Waals surface area contributed by atoms with Crippen molar-refractivity contribution in [2.45, 2.75) is 31.6 Å². The number of hydrogen-bond acceptors (Lipinski definition) is 5. The summed E-state index contributed by atoms with van der Waals surface area (Å²) < 4.78 is 11.7. The van der Waals surface area contributed by atoms with Crippen LogP contribution < -0.4 is 4.74 Å². The van der Waals surface area contributed by atoms with Crippen LogP contribution in [0.1, 0.15) is 35.6 Å². The van der Waals surface area contributed by atoms with Gasteiger partial charge in [-0.15, -0.1) is 0 Å². The third-order valence-electron chi connectivity index (χ3n) is 6.53. The van der Waals surface area contributed by atoms with Crippen LogP contribution in [0, 0.1) is 0 Å². The summed E-state index contributed by atoms with van der Waals surface area (Å²) in [5.41, 5.74) is 2.23. The number of nitrogens with zero attached hydrogens (tertiary/aromatic N) is 1. The Balaban J connectivity index is 1.48. The van der Waals surface area contributed by atoms with Gasteiger partial charge in [0, 0.05) is 23.7 Å². The predicted molar refractivity (Wildman–Crippen MR) is 137 cm³/mol. The first-order valence-electron chi connectivity index (χ1n) is 11.9. The van der Waals surface area contributed by atoms with Crippen LogP contribution >= 0.6 is 11.6 Å². The lowest BCUT2D eigenvalue weighted by Gasteiger charge is -2.27. The van der Waals surface area contributed by atoms with Crippen molar-refractivity contribution in [3.05, 3.63) is 106 Å². The van der Waals surface area contributed by atoms with Crippen LogP contribution in [0.25, 0.3) is 5.76 Å². The minimum Gasteiger partial charge on any atom is -0.507 e. The molecule has 0 aromatic heterocycles. The molecule has 0 aliphatic carbocycles. The van der Waals surface area contributed by atoms with Gasteiger partial charge in [0.2, 0.25) is 0 Å². The van der Waals surface area contributed by atoms with Crippen molar-refractivity contribution in [3.63, 3.8) is 0 Å². The molecule has 3 aromatic rings. The van der Waals surface area contributed by atoms with Crippen molar-refractivity contribution in [1.82, 2.24) is 4.90 Å². The molecule has 0 bridgehead atoms. The molecule has 2 atom stereocenters. The summed E-state index contributed by atoms with van der Waals surface area (Å²) in [6, 6.07) is 22.9. The van der Waals surface area contributed by atoms with E-state index in [-0.39, 0.29) is 24.0 Å². The van der Waals surface area contributed by atoms with E-state index in [0.717, 1.165) is 18.4 Å². The van der Waals surface area contributed by atoms with Crippen LogP contribution in [0.3, 0.4) is 0 Å². The Morgan fingerprint density at radius 2 is 1.72 bits per heavy atom. The molecule has 1 N–H and O–H groups in total. The average Bonchev–Trinajstić information content (AvgIpc) is 3.51. The molecule has 2 aliphatic heterocycles. The minimum atomic E-state index is -0.743. The van der Waals surface area contributed by atoms with Crippen molar-refractivity contribution in [2.75, 3.05) is 13.2 Å². The number of ether oxygens (including phenoxy) is 2. The van der Waals surface area contributed by atoms with Gasteiger partial charge >= 0.3 is 0 Å². The molecule has 6 nitrogen and oxygen atoms in total. The number of carbonyl (C=O) groups is 2. The summed E-state index contributed by atoms with van der Waals surface area (Å²) in [4.78, 5) is 27.8. The molecule has 0 spiro atoms. The van der Waals surface area contributed by atoms with Crippen LogP contribution in [-0.4, -0.2) is 41.0 Å². The normalized spacial score (nSPS) is 21.2. The molecule has 5 rings (SSSR count). The van der Waals surface area contributed by atoms with Gasteiger partial charge < -0.3 is 19.5 Å². The van der Waals surface area contributed by atoms with Crippen LogP contribution in [0.15, 0.2) is 84.4 Å². The van der Waals surface area contributed by atoms with E-state index in [1.807, 2.05) is 54.6 Å². The van der Waals surface area contributed by atoms with Gasteiger partial charge in [-0.25, -0.2) is 0 Å². The third-order valence-corrected chi connectivity index (χ3v) is 6.78. The number of Topliss-reactive ketones (excluding diaryl/α,β-unsaturated/α-hetero) is 1. The highest BCUT2D eigenvalue weighted by Gasteiger charge is 2.47. The standard InChI is InChI=1S/C29H26ClNO5/c30-22-12-8-21(9-13-22)27(32)25-26(31(29(34)28(25)33)17-24-7-4-16-35-24)20-10-14-23(15-11-20)36-18-19-5-2-1-3-6-19/h1-3,5-6,8-15,24,26,32H,4,7,16-18H2/t24-,26+/m1/s1. The number of carbonyl (C=O) groups excluding carboxylic acids is 2. The van der Waals surface area contributed by atoms with Crippen molar-refractivity contribution in [1.29, 1.82) is 0 Å². The zero-order valence-corrected chi connectivity index (χ0v) is 20.4. The van der Waals surface area contributed by atoms with Gasteiger partial charge in [-0.05, 0) is 60.4 Å². The molecule has 2 heterocycles. The molecule has 1 amide bonds. The van der Waals surface area contributed by atoms with Gasteiger partial charge in [0.1, 0.15) is 18.1 Å². The van der Waals surface area contributed by atoms with Gasteiger partial charge in [0.15, 0.2) is 0 Å². The Morgan fingerprint density at radius 3 is 2.39 bits per heavy atom. The first kappa shape index (κ1) is 24.1. The fourth-order valence-corrected chi connectivity index (χ4v) is 4.80. The van der Waals surface area contributed by atoms with E-state index in [1.54, 1.807) is 24.3 Å². The number of aliphatic hydroxyl groups excluding tert-OH is 1. The molecule has 0 saturated carbocycles. The van der Waals surface area contributed by atoms with Crippen molar-refractivity contribution in [2.24, 2.45) is 0 Å². The number of likely N-dealkylation sites (tertiary alicyclic amines) is 1. The number of rotatable bonds is 7. The summed E-state index contributed by atoms with van der Waals surface area (Å²) >= 11 is 6.00. The smallest absolute Gasteiger partial charge is 0.295 e. The fraction of sp³-hybridized carbons (Fsp3) is 0.241. The molecule has 7 heteroatoms. The molecule has 184 valence electrons. The second-order valence-corrected chi connectivity index (χ2v) is 9.37. The Bertz CT molecular complexity index is 1270. The van der Waals surface area contributed by atoms with E-state index in [1.165, 1.54) is 4.90 Å². The maximum atomic E-state index is 13.2. The van der Waals surface area contributed by atoms with Gasteiger partial charge in [-0.3, -0.25) is 9.59 Å². The molecule has 3 aromatic carbocycles. The predicted octanol–water partition coefficient (Wildman–Crippen LogP) is 5.52. The van der Waals surface area contributed by atoms with Crippen LogP contribution in [0.4, 0.5) is 0 Å². The second kappa shape index (κ2) is 10.6. The van der Waals surface area contributed by atoms with E-state index in [2.05, 4.69) is 0 Å². The molecule has 2 aliphatic rings. The maximum absolute atomic E-state index is 13.2. The Kier molecular flexibility index (Phi) is 7.07. The van der Waals surface area contributed by atoms with Gasteiger partial charge in [0.05, 0.1) is 17.7 Å². The van der Waals surface area contributed by atoms with Crippen molar-refractivity contribution >= 4 is 29.1 Å². The van der Waals surface area contributed by atoms with Gasteiger partial charge in [-0.2, -0.15) is 0 Å². The average molecular weight is 504 g/mol. The fourth-order valence-electron chi connectivity index (χ4n) is 4.67. The highest BCUT2D eigenvalue weighted by Crippen LogP contribution is 2.40. The van der Waals surface area contributed by atoms with Crippen molar-refractivity contribution < 1.29 is 24.2 Å². The molecular formula is C29H26ClNO5. The molecule has 2 saturated heterocycles. The van der Waals surface area contributed by atoms with Crippen LogP contribution in [0.5, 0.6) is 5.75 Å². The number of benzene rings is 3. The summed E-state index contributed by atoms with van der Waals surface area (Å²) in [5.74, 6) is -0.920. The lowest BCUT2D eigenvalue weighted by Crippen LogP contribution is -2.36. The highest BCUT2D eigenvalue weighted by molar-refractivity contribution is 6.46. The second-order valence-electron chi connectivity index (χ2n) is 8.94. The largest absolute Gasteiger partial charge is 0.507 e. The monoisotopic (exact) mass is 503 g/mol. The first-order chi connectivity index (χ1) is 17.5. The zero-order chi connectivity index (χ0) is 25.1. The first-order valence-corrected chi connectivity index (χ1v) is 12.3. The lowest BCUT2D eigenvalue weighted by atomic mass is 9.95. The SMILES string of the molecule is O=C1C(=O)N(C[C@H]2CCCO2)[C@@H](c2ccc(OCc3ccccc3)cc2)C1=C(O)c1ccc(Cl)cc1. The van der Waals surface area contributed by atoms with Gasteiger partial charge in [0.25, 0.3) is 11.7 Å². The lowest BCUT2D eigenvalue weighted by molar-refractivity contribution is -0.140. The maximum Gasteiger partial charge on any atom is 0.295 e. The molecule has 0 radical (unpaired) electrons. The summed E-state index contributed by atoms with van der Waals surface area (Å²) in [5, 5.41) is 11.7. The van der Waals surface area contributed by atoms with Crippen molar-refractivity contribution in [3.8, 4) is 5.75 Å². The van der Waals surface area contributed by atoms with E-state index >= 15 is 0 Å². The highest BCUT2D eigenvalue weighted by atomic mass is 35.5. The quantitative estimate of drug-likeness (QED) is 0.261. The summed E-state index contributed by atoms with van der Waals surface area (Å²) in [6.07, 6.45) is 1.59. The molecule has 0 unspecified atom stereocenters. The van der Waals surface area contributed by atoms with Crippen LogP contribution in [-0.2, 0) is 20.9 Å². The Labute approximate surface area is 214 Å². The summed E-state index contributed by atoms with van der Waals surface area (Å²) in [6.45, 7) is 1.34. The van der Waals surface area contributed by atoms with E-state index in [4.69, 9.17) is 21.1 Å². The molecule has 2 fully saturated rings. The Hall–Kier alpha value is -3.61. The van der Waals surface area contributed by atoms with E-state index < -0.39 is 17.7 Å². The van der Waals surface area contributed by atoms with E-state index in [0.29, 0.717) is 35.1 Å². The zero-order valence-electron chi connectivity index (χ0n) is 19.6. The third kappa shape index (κ3) is 5.01. The van der Waals surface area contributed by atoms with Gasteiger partial charge in [-0.1, -0.05) is 54.1 Å². The number of aliphatic hydroxyl groups is 1. The minimum absolute atomic E-state index is 0.0540.